The van der Waals surface area contributed by atoms with Gasteiger partial charge in [-0.15, -0.1) is 0 Å². The molecule has 0 saturated carbocycles. The van der Waals surface area contributed by atoms with Gasteiger partial charge in [-0.05, 0) is 0 Å². The van der Waals surface area contributed by atoms with Crippen LogP contribution in [0.1, 0.15) is 13.3 Å². The Hall–Kier alpha value is 1.38. The van der Waals surface area contributed by atoms with Crippen molar-refractivity contribution in [1.29, 1.82) is 0 Å². The van der Waals surface area contributed by atoms with Gasteiger partial charge in [-0.1, -0.05) is 0 Å². The summed E-state index contributed by atoms with van der Waals surface area (Å²) in [6.45, 7) is 3.89. The average molecular weight is 368 g/mol. The van der Waals surface area contributed by atoms with E-state index < -0.39 is 22.1 Å². The number of halogens is 1. The molecule has 0 aliphatic carbocycles. The SMILES string of the molecule is CCOCC[CH2][Hg][Br]. The minimum absolute atomic E-state index is 0.469. The summed E-state index contributed by atoms with van der Waals surface area (Å²) in [4.78, 5) is 0. The molecule has 0 unspecified atom stereocenters. The maximum atomic E-state index is 5.15. The summed E-state index contributed by atoms with van der Waals surface area (Å²) in [6, 6.07) is 0. The normalized spacial score (nSPS) is 8.75. The molecule has 0 amide bonds. The zero-order valence-corrected chi connectivity index (χ0v) is 12.4. The van der Waals surface area contributed by atoms with Crippen LogP contribution >= 0.6 is 11.9 Å². The second-order valence-electron chi connectivity index (χ2n) is 1.59. The van der Waals surface area contributed by atoms with E-state index in [1.807, 2.05) is 6.92 Å². The Morgan fingerprint density at radius 1 is 1.62 bits per heavy atom. The van der Waals surface area contributed by atoms with E-state index in [4.69, 9.17) is 4.74 Å². The van der Waals surface area contributed by atoms with Gasteiger partial charge in [0.25, 0.3) is 0 Å². The van der Waals surface area contributed by atoms with E-state index in [9.17, 15) is 0 Å². The minimum atomic E-state index is -0.469. The Balaban J connectivity index is 2.53. The molecule has 0 N–H and O–H groups in total. The predicted molar refractivity (Wildman–Crippen MR) is 34.8 cm³/mol. The van der Waals surface area contributed by atoms with E-state index in [1.54, 1.807) is 0 Å². The van der Waals surface area contributed by atoms with Crippen LogP contribution in [-0.2, 0) is 26.9 Å². The molecule has 0 spiro atoms. The first kappa shape index (κ1) is 9.38. The van der Waals surface area contributed by atoms with E-state index in [0.29, 0.717) is 0 Å². The summed E-state index contributed by atoms with van der Waals surface area (Å²) < 4.78 is 6.59. The van der Waals surface area contributed by atoms with Crippen molar-refractivity contribution in [2.24, 2.45) is 0 Å². The predicted octanol–water partition coefficient (Wildman–Crippen LogP) is 2.22. The molecule has 3 heteroatoms. The quantitative estimate of drug-likeness (QED) is 0.535. The molecular formula is C5H11BrHgO. The molecule has 0 aromatic heterocycles. The van der Waals surface area contributed by atoms with Crippen molar-refractivity contribution in [2.75, 3.05) is 13.2 Å². The third-order valence-corrected chi connectivity index (χ3v) is 8.78. The molecule has 1 nitrogen and oxygen atoms in total. The Morgan fingerprint density at radius 3 is 2.88 bits per heavy atom. The summed E-state index contributed by atoms with van der Waals surface area (Å²) in [5.41, 5.74) is 0. The van der Waals surface area contributed by atoms with E-state index >= 15 is 0 Å². The van der Waals surface area contributed by atoms with Crippen LogP contribution in [0.3, 0.4) is 0 Å². The molecule has 0 rings (SSSR count). The molecule has 0 heterocycles. The monoisotopic (exact) mass is 368 g/mol. The first-order chi connectivity index (χ1) is 3.91. The molecule has 0 fully saturated rings. The standard InChI is InChI=1S/C5H11O.BrH.Hg/c1-3-5-6-4-2;;/h1,3-5H2,2H3;1H;/q;;+1/p-1. The van der Waals surface area contributed by atoms with Gasteiger partial charge in [0.05, 0.1) is 0 Å². The van der Waals surface area contributed by atoms with Crippen LogP contribution in [0, 0.1) is 0 Å². The van der Waals surface area contributed by atoms with Gasteiger partial charge in [0.2, 0.25) is 0 Å². The van der Waals surface area contributed by atoms with Crippen molar-refractivity contribution < 1.29 is 26.9 Å². The molecule has 0 aromatic carbocycles. The molecule has 0 atom stereocenters. The third-order valence-electron chi connectivity index (χ3n) is 0.876. The van der Waals surface area contributed by atoms with Gasteiger partial charge in [-0.2, -0.15) is 0 Å². The van der Waals surface area contributed by atoms with Crippen molar-refractivity contribution in [3.05, 3.63) is 0 Å². The number of rotatable bonds is 5. The van der Waals surface area contributed by atoms with Crippen LogP contribution in [0.2, 0.25) is 3.93 Å². The summed E-state index contributed by atoms with van der Waals surface area (Å²) >= 11 is 3.10. The number of hydrogen-bond donors (Lipinski definition) is 0. The van der Waals surface area contributed by atoms with Crippen molar-refractivity contribution in [3.8, 4) is 0 Å². The van der Waals surface area contributed by atoms with Crippen LogP contribution in [0.25, 0.3) is 0 Å². The molecule has 0 radical (unpaired) electrons. The fourth-order valence-electron chi connectivity index (χ4n) is 0.443. The maximum absolute atomic E-state index is 5.15. The Labute approximate surface area is 68.9 Å². The summed E-state index contributed by atoms with van der Waals surface area (Å²) in [6.07, 6.45) is 1.28. The zero-order valence-electron chi connectivity index (χ0n) is 5.32. The average Bonchev–Trinajstić information content (AvgIpc) is 1.81. The van der Waals surface area contributed by atoms with Gasteiger partial charge in [0.15, 0.2) is 0 Å². The molecule has 8 heavy (non-hydrogen) atoms. The summed E-state index contributed by atoms with van der Waals surface area (Å²) in [5, 5.41) is 0. The van der Waals surface area contributed by atoms with Crippen molar-refractivity contribution in [2.45, 2.75) is 17.3 Å². The van der Waals surface area contributed by atoms with Gasteiger partial charge in [-0.25, -0.2) is 0 Å². The first-order valence-electron chi connectivity index (χ1n) is 3.05. The van der Waals surface area contributed by atoms with Crippen LogP contribution in [0.5, 0.6) is 0 Å². The van der Waals surface area contributed by atoms with E-state index in [0.717, 1.165) is 13.2 Å². The fourth-order valence-corrected chi connectivity index (χ4v) is 5.45. The second kappa shape index (κ2) is 8.38. The molecule has 0 saturated heterocycles. The summed E-state index contributed by atoms with van der Waals surface area (Å²) in [5.74, 6) is 0. The van der Waals surface area contributed by atoms with E-state index in [2.05, 4.69) is 11.9 Å². The molecule has 0 aromatic rings. The molecular weight excluding hydrogens is 357 g/mol. The second-order valence-corrected chi connectivity index (χ2v) is 12.8. The van der Waals surface area contributed by atoms with Crippen molar-refractivity contribution in [3.63, 3.8) is 0 Å². The molecule has 0 aliphatic rings. The number of ether oxygens (including phenoxy) is 1. The van der Waals surface area contributed by atoms with Crippen LogP contribution in [0.4, 0.5) is 0 Å². The molecule has 0 bridgehead atoms. The van der Waals surface area contributed by atoms with E-state index in [1.165, 1.54) is 10.4 Å². The topological polar surface area (TPSA) is 9.23 Å². The van der Waals surface area contributed by atoms with Gasteiger partial charge in [0, 0.05) is 0 Å². The van der Waals surface area contributed by atoms with E-state index in [-0.39, 0.29) is 0 Å². The third kappa shape index (κ3) is 7.38. The van der Waals surface area contributed by atoms with Gasteiger partial charge in [0.1, 0.15) is 0 Å². The zero-order chi connectivity index (χ0) is 6.24. The van der Waals surface area contributed by atoms with Gasteiger partial charge in [-0.3, -0.25) is 0 Å². The molecule has 0 aliphatic heterocycles. The molecule has 46 valence electrons. The number of hydrogen-bond acceptors (Lipinski definition) is 1. The summed E-state index contributed by atoms with van der Waals surface area (Å²) in [7, 11) is 0. The Bertz CT molecular complexity index is 37.4. The fraction of sp³-hybridized carbons (Fsp3) is 1.00. The van der Waals surface area contributed by atoms with Crippen LogP contribution < -0.4 is 0 Å². The first-order valence-corrected chi connectivity index (χ1v) is 18.9. The van der Waals surface area contributed by atoms with Crippen LogP contribution in [-0.4, -0.2) is 13.2 Å². The Morgan fingerprint density at radius 2 is 2.38 bits per heavy atom. The van der Waals surface area contributed by atoms with Crippen molar-refractivity contribution >= 4 is 11.9 Å². The van der Waals surface area contributed by atoms with Gasteiger partial charge >= 0.3 is 69.3 Å². The van der Waals surface area contributed by atoms with Crippen molar-refractivity contribution in [1.82, 2.24) is 0 Å². The van der Waals surface area contributed by atoms with Crippen LogP contribution in [0.15, 0.2) is 0 Å². The van der Waals surface area contributed by atoms with Gasteiger partial charge < -0.3 is 0 Å². The Kier molecular flexibility index (Phi) is 9.81.